The molecule has 2 aromatic rings. The minimum atomic E-state index is -3.83. The van der Waals surface area contributed by atoms with Crippen LogP contribution in [0, 0.1) is 6.92 Å². The van der Waals surface area contributed by atoms with Gasteiger partial charge in [-0.25, -0.2) is 18.2 Å². The number of nitrogens with one attached hydrogen (secondary N) is 2. The van der Waals surface area contributed by atoms with Gasteiger partial charge in [-0.3, -0.25) is 4.72 Å². The van der Waals surface area contributed by atoms with E-state index in [1.807, 2.05) is 13.8 Å². The van der Waals surface area contributed by atoms with E-state index in [0.717, 1.165) is 29.3 Å². The number of anilines is 1. The number of hydrogen-bond donors (Lipinski definition) is 3. The molecule has 0 amide bonds. The molecule has 20 heavy (non-hydrogen) atoms. The maximum absolute atomic E-state index is 12.1. The molecule has 0 saturated carbocycles. The first kappa shape index (κ1) is 14.5. The smallest absolute Gasteiger partial charge is 0.352 e. The molecule has 0 unspecified atom stereocenters. The predicted octanol–water partition coefficient (Wildman–Crippen LogP) is 1.84. The molecule has 2 heterocycles. The number of aryl methyl sites for hydroxylation is 2. The quantitative estimate of drug-likeness (QED) is 0.779. The van der Waals surface area contributed by atoms with Gasteiger partial charge in [0.25, 0.3) is 10.0 Å². The molecule has 7 nitrogen and oxygen atoms in total. The Bertz CT molecular complexity index is 746. The second-order valence-electron chi connectivity index (χ2n) is 4.04. The van der Waals surface area contributed by atoms with Crippen LogP contribution < -0.4 is 4.72 Å². The summed E-state index contributed by atoms with van der Waals surface area (Å²) in [6, 6.07) is 1.06. The van der Waals surface area contributed by atoms with Gasteiger partial charge in [0.2, 0.25) is 0 Å². The summed E-state index contributed by atoms with van der Waals surface area (Å²) in [6.07, 6.45) is 1.85. The van der Waals surface area contributed by atoms with E-state index in [0.29, 0.717) is 0 Å². The number of thiazole rings is 1. The Labute approximate surface area is 119 Å². The Balaban J connectivity index is 2.27. The number of aromatic amines is 1. The first-order valence-electron chi connectivity index (χ1n) is 5.74. The molecule has 0 aliphatic rings. The normalized spacial score (nSPS) is 11.5. The minimum Gasteiger partial charge on any atom is -0.477 e. The molecule has 0 spiro atoms. The van der Waals surface area contributed by atoms with Gasteiger partial charge >= 0.3 is 5.97 Å². The number of carboxylic acid groups (broad SMARTS) is 1. The van der Waals surface area contributed by atoms with Crippen molar-refractivity contribution in [1.82, 2.24) is 9.97 Å². The van der Waals surface area contributed by atoms with Crippen molar-refractivity contribution in [2.45, 2.75) is 25.2 Å². The molecular formula is C11H13N3O4S2. The van der Waals surface area contributed by atoms with E-state index in [2.05, 4.69) is 14.7 Å². The molecule has 0 atom stereocenters. The fraction of sp³-hybridized carbons (Fsp3) is 0.273. The third kappa shape index (κ3) is 2.83. The molecule has 0 aliphatic carbocycles. The Morgan fingerprint density at radius 1 is 1.55 bits per heavy atom. The van der Waals surface area contributed by atoms with Crippen LogP contribution in [0.2, 0.25) is 0 Å². The fourth-order valence-corrected chi connectivity index (χ4v) is 3.76. The SMILES string of the molecule is CCc1nc(NS(=O)(=O)c2c[nH]c(C(=O)O)c2)sc1C. The maximum atomic E-state index is 12.1. The molecule has 0 aromatic carbocycles. The molecule has 0 radical (unpaired) electrons. The van der Waals surface area contributed by atoms with Gasteiger partial charge in [0.1, 0.15) is 10.6 Å². The molecule has 108 valence electrons. The highest BCUT2D eigenvalue weighted by molar-refractivity contribution is 7.93. The molecule has 3 N–H and O–H groups in total. The second kappa shape index (κ2) is 5.25. The highest BCUT2D eigenvalue weighted by Gasteiger charge is 2.20. The van der Waals surface area contributed by atoms with Crippen molar-refractivity contribution in [2.75, 3.05) is 4.72 Å². The lowest BCUT2D eigenvalue weighted by Gasteiger charge is -2.01. The van der Waals surface area contributed by atoms with Gasteiger partial charge < -0.3 is 10.1 Å². The fourth-order valence-electron chi connectivity index (χ4n) is 1.63. The largest absolute Gasteiger partial charge is 0.477 e. The summed E-state index contributed by atoms with van der Waals surface area (Å²) in [6.45, 7) is 3.80. The van der Waals surface area contributed by atoms with Crippen LogP contribution in [0.4, 0.5) is 5.13 Å². The van der Waals surface area contributed by atoms with Crippen molar-refractivity contribution in [3.05, 3.63) is 28.5 Å². The minimum absolute atomic E-state index is 0.138. The zero-order valence-corrected chi connectivity index (χ0v) is 12.4. The van der Waals surface area contributed by atoms with Crippen LogP contribution in [0.5, 0.6) is 0 Å². The van der Waals surface area contributed by atoms with Gasteiger partial charge in [-0.15, -0.1) is 11.3 Å². The van der Waals surface area contributed by atoms with Gasteiger partial charge in [0, 0.05) is 11.1 Å². The Kier molecular flexibility index (Phi) is 3.82. The maximum Gasteiger partial charge on any atom is 0.352 e. The van der Waals surface area contributed by atoms with Crippen LogP contribution in [0.3, 0.4) is 0 Å². The summed E-state index contributed by atoms with van der Waals surface area (Å²) < 4.78 is 26.5. The van der Waals surface area contributed by atoms with E-state index in [9.17, 15) is 13.2 Å². The van der Waals surface area contributed by atoms with Crippen molar-refractivity contribution >= 4 is 32.5 Å². The Morgan fingerprint density at radius 3 is 2.75 bits per heavy atom. The van der Waals surface area contributed by atoms with Gasteiger partial charge in [0.15, 0.2) is 5.13 Å². The summed E-state index contributed by atoms with van der Waals surface area (Å²) >= 11 is 1.25. The van der Waals surface area contributed by atoms with E-state index in [4.69, 9.17) is 5.11 Å². The lowest BCUT2D eigenvalue weighted by Crippen LogP contribution is -2.12. The van der Waals surface area contributed by atoms with Crippen molar-refractivity contribution < 1.29 is 18.3 Å². The molecule has 0 bridgehead atoms. The number of carboxylic acids is 1. The molecule has 0 fully saturated rings. The third-order valence-corrected chi connectivity index (χ3v) is 5.02. The number of nitrogens with zero attached hydrogens (tertiary/aromatic N) is 1. The number of rotatable bonds is 5. The first-order chi connectivity index (χ1) is 9.33. The van der Waals surface area contributed by atoms with Crippen LogP contribution in [0.15, 0.2) is 17.2 Å². The first-order valence-corrected chi connectivity index (χ1v) is 8.04. The number of carbonyl (C=O) groups is 1. The van der Waals surface area contributed by atoms with E-state index >= 15 is 0 Å². The molecule has 2 aromatic heterocycles. The monoisotopic (exact) mass is 315 g/mol. The van der Waals surface area contributed by atoms with E-state index in [1.54, 1.807) is 0 Å². The number of hydrogen-bond acceptors (Lipinski definition) is 5. The van der Waals surface area contributed by atoms with Crippen molar-refractivity contribution in [3.8, 4) is 0 Å². The lowest BCUT2D eigenvalue weighted by molar-refractivity contribution is 0.0691. The molecule has 0 saturated heterocycles. The number of H-pyrrole nitrogens is 1. The standard InChI is InChI=1S/C11H13N3O4S2/c1-3-8-6(2)19-11(13-8)14-20(17,18)7-4-9(10(15)16)12-5-7/h4-5,12H,3H2,1-2H3,(H,13,14)(H,15,16). The predicted molar refractivity (Wildman–Crippen MR) is 74.8 cm³/mol. The molecular weight excluding hydrogens is 302 g/mol. The highest BCUT2D eigenvalue weighted by Crippen LogP contribution is 2.25. The topological polar surface area (TPSA) is 112 Å². The van der Waals surface area contributed by atoms with E-state index in [-0.39, 0.29) is 15.7 Å². The Hall–Kier alpha value is -1.87. The van der Waals surface area contributed by atoms with Crippen LogP contribution in [-0.2, 0) is 16.4 Å². The molecule has 9 heteroatoms. The average Bonchev–Trinajstić information content (AvgIpc) is 2.95. The second-order valence-corrected chi connectivity index (χ2v) is 6.92. The van der Waals surface area contributed by atoms with Crippen molar-refractivity contribution in [1.29, 1.82) is 0 Å². The van der Waals surface area contributed by atoms with Gasteiger partial charge in [-0.05, 0) is 19.4 Å². The lowest BCUT2D eigenvalue weighted by atomic mass is 10.3. The van der Waals surface area contributed by atoms with E-state index in [1.165, 1.54) is 11.3 Å². The number of aromatic carboxylic acids is 1. The summed E-state index contributed by atoms with van der Waals surface area (Å²) in [5, 5.41) is 9.04. The summed E-state index contributed by atoms with van der Waals surface area (Å²) in [7, 11) is -3.83. The summed E-state index contributed by atoms with van der Waals surface area (Å²) in [4.78, 5) is 18.1. The summed E-state index contributed by atoms with van der Waals surface area (Å²) in [5.74, 6) is -1.22. The van der Waals surface area contributed by atoms with Gasteiger partial charge in [-0.1, -0.05) is 6.92 Å². The highest BCUT2D eigenvalue weighted by atomic mass is 32.2. The Morgan fingerprint density at radius 2 is 2.25 bits per heavy atom. The average molecular weight is 315 g/mol. The van der Waals surface area contributed by atoms with Crippen LogP contribution in [-0.4, -0.2) is 29.5 Å². The summed E-state index contributed by atoms with van der Waals surface area (Å²) in [5.41, 5.74) is 0.655. The zero-order chi connectivity index (χ0) is 14.9. The number of aromatic nitrogens is 2. The van der Waals surface area contributed by atoms with Gasteiger partial charge in [-0.2, -0.15) is 0 Å². The van der Waals surface area contributed by atoms with Crippen LogP contribution in [0.25, 0.3) is 0 Å². The number of sulfonamides is 1. The molecule has 2 rings (SSSR count). The van der Waals surface area contributed by atoms with Crippen LogP contribution in [0.1, 0.15) is 28.0 Å². The van der Waals surface area contributed by atoms with Crippen molar-refractivity contribution in [2.24, 2.45) is 0 Å². The third-order valence-electron chi connectivity index (χ3n) is 2.65. The van der Waals surface area contributed by atoms with E-state index < -0.39 is 16.0 Å². The van der Waals surface area contributed by atoms with Crippen molar-refractivity contribution in [3.63, 3.8) is 0 Å². The zero-order valence-electron chi connectivity index (χ0n) is 10.8. The molecule has 0 aliphatic heterocycles. The van der Waals surface area contributed by atoms with Crippen LogP contribution >= 0.6 is 11.3 Å². The van der Waals surface area contributed by atoms with Gasteiger partial charge in [0.05, 0.1) is 5.69 Å².